The SMILES string of the molecule is Cc1ccc(NC(=O)c2ccnc(NC(C)(C)C)n2)cc1C. The van der Waals surface area contributed by atoms with Crippen molar-refractivity contribution < 1.29 is 4.79 Å². The van der Waals surface area contributed by atoms with Crippen molar-refractivity contribution in [1.29, 1.82) is 0 Å². The van der Waals surface area contributed by atoms with Crippen molar-refractivity contribution in [2.24, 2.45) is 0 Å². The predicted octanol–water partition coefficient (Wildman–Crippen LogP) is 3.56. The fourth-order valence-corrected chi connectivity index (χ4v) is 1.90. The average molecular weight is 298 g/mol. The average Bonchev–Trinajstić information content (AvgIpc) is 2.41. The molecule has 1 aromatic carbocycles. The van der Waals surface area contributed by atoms with Crippen molar-refractivity contribution in [3.8, 4) is 0 Å². The van der Waals surface area contributed by atoms with Crippen LogP contribution in [0.3, 0.4) is 0 Å². The van der Waals surface area contributed by atoms with E-state index in [-0.39, 0.29) is 11.4 Å². The number of carbonyl (C=O) groups is 1. The van der Waals surface area contributed by atoms with Gasteiger partial charge in [-0.25, -0.2) is 9.97 Å². The molecule has 2 aromatic rings. The molecule has 5 heteroatoms. The van der Waals surface area contributed by atoms with Crippen LogP contribution in [0.25, 0.3) is 0 Å². The molecule has 0 aliphatic heterocycles. The molecule has 0 saturated carbocycles. The van der Waals surface area contributed by atoms with Crippen LogP contribution in [-0.2, 0) is 0 Å². The van der Waals surface area contributed by atoms with Crippen LogP contribution in [0, 0.1) is 13.8 Å². The molecule has 0 fully saturated rings. The Bertz CT molecular complexity index is 689. The number of hydrogen-bond donors (Lipinski definition) is 2. The Labute approximate surface area is 131 Å². The quantitative estimate of drug-likeness (QED) is 0.909. The molecular formula is C17H22N4O. The van der Waals surface area contributed by atoms with Gasteiger partial charge in [0.05, 0.1) is 0 Å². The second-order valence-corrected chi connectivity index (χ2v) is 6.39. The van der Waals surface area contributed by atoms with Crippen molar-refractivity contribution in [3.63, 3.8) is 0 Å². The zero-order chi connectivity index (χ0) is 16.3. The zero-order valence-electron chi connectivity index (χ0n) is 13.7. The molecule has 1 aromatic heterocycles. The normalized spacial score (nSPS) is 11.1. The van der Waals surface area contributed by atoms with Crippen molar-refractivity contribution in [3.05, 3.63) is 47.3 Å². The summed E-state index contributed by atoms with van der Waals surface area (Å²) in [5, 5.41) is 6.01. The van der Waals surface area contributed by atoms with E-state index in [4.69, 9.17) is 0 Å². The molecule has 0 aliphatic rings. The molecule has 0 spiro atoms. The summed E-state index contributed by atoms with van der Waals surface area (Å²) >= 11 is 0. The van der Waals surface area contributed by atoms with Gasteiger partial charge in [-0.3, -0.25) is 4.79 Å². The van der Waals surface area contributed by atoms with Crippen LogP contribution in [0.5, 0.6) is 0 Å². The van der Waals surface area contributed by atoms with Crippen LogP contribution in [0.4, 0.5) is 11.6 Å². The number of anilines is 2. The van der Waals surface area contributed by atoms with E-state index in [1.807, 2.05) is 52.8 Å². The molecule has 0 radical (unpaired) electrons. The first kappa shape index (κ1) is 15.9. The summed E-state index contributed by atoms with van der Waals surface area (Å²) in [6.07, 6.45) is 1.58. The molecule has 2 rings (SSSR count). The van der Waals surface area contributed by atoms with Crippen molar-refractivity contribution in [1.82, 2.24) is 9.97 Å². The zero-order valence-corrected chi connectivity index (χ0v) is 13.7. The number of nitrogens with zero attached hydrogens (tertiary/aromatic N) is 2. The number of carbonyl (C=O) groups excluding carboxylic acids is 1. The molecule has 0 aliphatic carbocycles. The third-order valence-electron chi connectivity index (χ3n) is 3.14. The molecule has 22 heavy (non-hydrogen) atoms. The van der Waals surface area contributed by atoms with Gasteiger partial charge in [-0.05, 0) is 63.9 Å². The Morgan fingerprint density at radius 3 is 2.45 bits per heavy atom. The van der Waals surface area contributed by atoms with Gasteiger partial charge in [-0.1, -0.05) is 6.07 Å². The van der Waals surface area contributed by atoms with Crippen LogP contribution in [0.15, 0.2) is 30.5 Å². The molecule has 0 atom stereocenters. The Morgan fingerprint density at radius 2 is 1.82 bits per heavy atom. The standard InChI is InChI=1S/C17H22N4O/c1-11-6-7-13(10-12(11)2)19-15(22)14-8-9-18-16(20-14)21-17(3,4)5/h6-10H,1-5H3,(H,19,22)(H,18,20,21). The lowest BCUT2D eigenvalue weighted by atomic mass is 10.1. The molecule has 0 bridgehead atoms. The Hall–Kier alpha value is -2.43. The first-order valence-electron chi connectivity index (χ1n) is 7.24. The highest BCUT2D eigenvalue weighted by Gasteiger charge is 2.14. The lowest BCUT2D eigenvalue weighted by molar-refractivity contribution is 0.102. The summed E-state index contributed by atoms with van der Waals surface area (Å²) in [6.45, 7) is 10.1. The lowest BCUT2D eigenvalue weighted by Crippen LogP contribution is -2.28. The van der Waals surface area contributed by atoms with Crippen molar-refractivity contribution in [2.75, 3.05) is 10.6 Å². The van der Waals surface area contributed by atoms with Crippen LogP contribution in [-0.4, -0.2) is 21.4 Å². The minimum Gasteiger partial charge on any atom is -0.350 e. The molecule has 116 valence electrons. The van der Waals surface area contributed by atoms with Gasteiger partial charge < -0.3 is 10.6 Å². The topological polar surface area (TPSA) is 66.9 Å². The Kier molecular flexibility index (Phi) is 4.45. The van der Waals surface area contributed by atoms with Gasteiger partial charge in [0.2, 0.25) is 5.95 Å². The van der Waals surface area contributed by atoms with Gasteiger partial charge in [-0.2, -0.15) is 0 Å². The fourth-order valence-electron chi connectivity index (χ4n) is 1.90. The predicted molar refractivity (Wildman–Crippen MR) is 89.3 cm³/mol. The van der Waals surface area contributed by atoms with E-state index in [0.29, 0.717) is 11.6 Å². The number of amides is 1. The number of rotatable bonds is 3. The highest BCUT2D eigenvalue weighted by Crippen LogP contribution is 2.15. The molecule has 0 saturated heterocycles. The summed E-state index contributed by atoms with van der Waals surface area (Å²) in [6, 6.07) is 7.42. The van der Waals surface area contributed by atoms with E-state index in [1.54, 1.807) is 12.3 Å². The summed E-state index contributed by atoms with van der Waals surface area (Å²) in [5.41, 5.74) is 3.26. The summed E-state index contributed by atoms with van der Waals surface area (Å²) in [4.78, 5) is 20.7. The number of hydrogen-bond acceptors (Lipinski definition) is 4. The molecule has 2 N–H and O–H groups in total. The van der Waals surface area contributed by atoms with E-state index in [1.165, 1.54) is 5.56 Å². The smallest absolute Gasteiger partial charge is 0.274 e. The number of aromatic nitrogens is 2. The Morgan fingerprint density at radius 1 is 1.09 bits per heavy atom. The van der Waals surface area contributed by atoms with E-state index in [0.717, 1.165) is 11.3 Å². The minimum atomic E-state index is -0.248. The summed E-state index contributed by atoms with van der Waals surface area (Å²) < 4.78 is 0. The first-order chi connectivity index (χ1) is 10.2. The highest BCUT2D eigenvalue weighted by atomic mass is 16.1. The summed E-state index contributed by atoms with van der Waals surface area (Å²) in [7, 11) is 0. The monoisotopic (exact) mass is 298 g/mol. The maximum Gasteiger partial charge on any atom is 0.274 e. The van der Waals surface area contributed by atoms with Crippen molar-refractivity contribution in [2.45, 2.75) is 40.2 Å². The van der Waals surface area contributed by atoms with Crippen LogP contribution in [0.1, 0.15) is 42.4 Å². The van der Waals surface area contributed by atoms with Gasteiger partial charge >= 0.3 is 0 Å². The van der Waals surface area contributed by atoms with Gasteiger partial charge in [-0.15, -0.1) is 0 Å². The van der Waals surface area contributed by atoms with Crippen LogP contribution >= 0.6 is 0 Å². The van der Waals surface area contributed by atoms with Gasteiger partial charge in [0.15, 0.2) is 0 Å². The van der Waals surface area contributed by atoms with Crippen LogP contribution < -0.4 is 10.6 Å². The third-order valence-corrected chi connectivity index (χ3v) is 3.14. The lowest BCUT2D eigenvalue weighted by Gasteiger charge is -2.20. The Balaban J connectivity index is 2.15. The minimum absolute atomic E-state index is 0.164. The first-order valence-corrected chi connectivity index (χ1v) is 7.24. The molecule has 0 unspecified atom stereocenters. The summed E-state index contributed by atoms with van der Waals surface area (Å²) in [5.74, 6) is 0.197. The van der Waals surface area contributed by atoms with E-state index in [2.05, 4.69) is 20.6 Å². The maximum atomic E-state index is 12.3. The fraction of sp³-hybridized carbons (Fsp3) is 0.353. The molecular weight excluding hydrogens is 276 g/mol. The molecule has 1 heterocycles. The van der Waals surface area contributed by atoms with E-state index in [9.17, 15) is 4.79 Å². The van der Waals surface area contributed by atoms with Gasteiger partial charge in [0.25, 0.3) is 5.91 Å². The second-order valence-electron chi connectivity index (χ2n) is 6.39. The van der Waals surface area contributed by atoms with E-state index >= 15 is 0 Å². The van der Waals surface area contributed by atoms with E-state index < -0.39 is 0 Å². The maximum absolute atomic E-state index is 12.3. The van der Waals surface area contributed by atoms with Crippen LogP contribution in [0.2, 0.25) is 0 Å². The number of benzene rings is 1. The highest BCUT2D eigenvalue weighted by molar-refractivity contribution is 6.03. The number of nitrogens with one attached hydrogen (secondary N) is 2. The second kappa shape index (κ2) is 6.13. The number of aryl methyl sites for hydroxylation is 2. The third kappa shape index (κ3) is 4.28. The molecule has 1 amide bonds. The van der Waals surface area contributed by atoms with Gasteiger partial charge in [0, 0.05) is 17.4 Å². The largest absolute Gasteiger partial charge is 0.350 e. The van der Waals surface area contributed by atoms with Crippen molar-refractivity contribution >= 4 is 17.5 Å². The van der Waals surface area contributed by atoms with Gasteiger partial charge in [0.1, 0.15) is 5.69 Å². The molecule has 5 nitrogen and oxygen atoms in total.